The van der Waals surface area contributed by atoms with E-state index >= 15 is 0 Å². The summed E-state index contributed by atoms with van der Waals surface area (Å²) in [5, 5.41) is 2.79. The Balaban J connectivity index is 1.52. The smallest absolute Gasteiger partial charge is 0.247 e. The summed E-state index contributed by atoms with van der Waals surface area (Å²) in [6.07, 6.45) is 8.42. The number of pyridine rings is 2. The van der Waals surface area contributed by atoms with Gasteiger partial charge in [-0.15, -0.1) is 0 Å². The Morgan fingerprint density at radius 2 is 1.95 bits per heavy atom. The maximum Gasteiger partial charge on any atom is 0.247 e. The van der Waals surface area contributed by atoms with Crippen molar-refractivity contribution in [2.24, 2.45) is 5.92 Å². The Morgan fingerprint density at radius 3 is 2.76 bits per heavy atom. The van der Waals surface area contributed by atoms with Crippen LogP contribution in [0.25, 0.3) is 16.7 Å². The Morgan fingerprint density at radius 1 is 1.11 bits per heavy atom. The Labute approximate surface area is 218 Å². The van der Waals surface area contributed by atoms with Gasteiger partial charge in [-0.1, -0.05) is 24.9 Å². The number of nitrogens with one attached hydrogen (secondary N) is 1. The number of benzene rings is 1. The van der Waals surface area contributed by atoms with E-state index in [4.69, 9.17) is 11.6 Å². The molecule has 1 aromatic carbocycles. The number of carbonyl (C=O) groups is 2. The molecule has 2 aromatic heterocycles. The van der Waals surface area contributed by atoms with Crippen LogP contribution in [0, 0.1) is 17.6 Å². The summed E-state index contributed by atoms with van der Waals surface area (Å²) in [6, 6.07) is 7.50. The van der Waals surface area contributed by atoms with Crippen molar-refractivity contribution in [3.63, 3.8) is 0 Å². The van der Waals surface area contributed by atoms with Crippen LogP contribution in [0.3, 0.4) is 0 Å². The Kier molecular flexibility index (Phi) is 7.02. The molecule has 0 spiro atoms. The normalized spacial score (nSPS) is 20.3. The fraction of sp³-hybridized carbons (Fsp3) is 0.286. The van der Waals surface area contributed by atoms with Gasteiger partial charge in [0.2, 0.25) is 11.8 Å². The van der Waals surface area contributed by atoms with Gasteiger partial charge < -0.3 is 10.2 Å². The van der Waals surface area contributed by atoms with E-state index in [2.05, 4.69) is 15.3 Å². The van der Waals surface area contributed by atoms with Gasteiger partial charge in [0.15, 0.2) is 5.82 Å². The molecular weight excluding hydrogens is 498 g/mol. The fourth-order valence-corrected chi connectivity index (χ4v) is 5.15. The Hall–Kier alpha value is -3.65. The van der Waals surface area contributed by atoms with Crippen LogP contribution in [-0.4, -0.2) is 33.2 Å². The molecule has 0 radical (unpaired) electrons. The average Bonchev–Trinajstić information content (AvgIpc) is 2.89. The number of fused-ring (bicyclic) bond motifs is 4. The van der Waals surface area contributed by atoms with Gasteiger partial charge in [-0.2, -0.15) is 0 Å². The van der Waals surface area contributed by atoms with E-state index in [1.165, 1.54) is 6.08 Å². The summed E-state index contributed by atoms with van der Waals surface area (Å²) in [5.41, 5.74) is 2.98. The minimum Gasteiger partial charge on any atom is -0.330 e. The maximum absolute atomic E-state index is 14.6. The molecule has 2 atom stereocenters. The molecule has 2 aliphatic rings. The first-order chi connectivity index (χ1) is 17.8. The number of aromatic nitrogens is 2. The zero-order chi connectivity index (χ0) is 26.1. The van der Waals surface area contributed by atoms with Crippen LogP contribution in [0.5, 0.6) is 0 Å². The summed E-state index contributed by atoms with van der Waals surface area (Å²) in [6.45, 7) is 2.14. The van der Waals surface area contributed by atoms with Gasteiger partial charge in [-0.25, -0.2) is 8.78 Å². The van der Waals surface area contributed by atoms with Crippen molar-refractivity contribution in [3.05, 3.63) is 82.9 Å². The van der Waals surface area contributed by atoms with Crippen LogP contribution in [0.1, 0.15) is 49.9 Å². The van der Waals surface area contributed by atoms with E-state index in [0.29, 0.717) is 30.6 Å². The number of hydrogen-bond acceptors (Lipinski definition) is 4. The van der Waals surface area contributed by atoms with Crippen LogP contribution in [0.4, 0.5) is 14.5 Å². The van der Waals surface area contributed by atoms with Crippen molar-refractivity contribution in [1.29, 1.82) is 0 Å². The van der Waals surface area contributed by atoms with Crippen molar-refractivity contribution in [2.45, 2.75) is 38.6 Å². The first kappa shape index (κ1) is 25.0. The van der Waals surface area contributed by atoms with Gasteiger partial charge in [0.05, 0.1) is 34.2 Å². The second kappa shape index (κ2) is 10.4. The number of rotatable bonds is 2. The molecule has 3 aromatic rings. The van der Waals surface area contributed by atoms with Crippen LogP contribution in [0.2, 0.25) is 5.02 Å². The molecule has 0 fully saturated rings. The molecule has 0 saturated heterocycles. The van der Waals surface area contributed by atoms with Crippen molar-refractivity contribution in [1.82, 2.24) is 14.9 Å². The third-order valence-corrected chi connectivity index (χ3v) is 7.31. The minimum atomic E-state index is -0.866. The van der Waals surface area contributed by atoms with Gasteiger partial charge in [0.1, 0.15) is 5.82 Å². The number of hydrogen-bond donors (Lipinski definition) is 1. The summed E-state index contributed by atoms with van der Waals surface area (Å²) in [4.78, 5) is 36.6. The van der Waals surface area contributed by atoms with Crippen molar-refractivity contribution in [3.8, 4) is 11.1 Å². The van der Waals surface area contributed by atoms with E-state index in [0.717, 1.165) is 23.3 Å². The topological polar surface area (TPSA) is 75.2 Å². The zero-order valence-electron chi connectivity index (χ0n) is 20.2. The molecule has 9 heteroatoms. The van der Waals surface area contributed by atoms with Crippen LogP contribution in [-0.2, 0) is 9.59 Å². The molecule has 4 heterocycles. The molecule has 2 aliphatic heterocycles. The van der Waals surface area contributed by atoms with Crippen LogP contribution >= 0.6 is 11.6 Å². The van der Waals surface area contributed by atoms with E-state index in [1.54, 1.807) is 23.5 Å². The molecule has 2 bridgehead atoms. The summed E-state index contributed by atoms with van der Waals surface area (Å²) < 4.78 is 29.1. The highest BCUT2D eigenvalue weighted by Gasteiger charge is 2.31. The Bertz CT molecular complexity index is 1410. The lowest BCUT2D eigenvalue weighted by Crippen LogP contribution is -2.38. The molecule has 37 heavy (non-hydrogen) atoms. The standard InChI is InChI=1S/C28H25ClF2N4O2/c1-16-3-2-4-24(22-13-17(7-11-33-22)19-8-10-32-15-23(19)34-28(16)37)35-12-9-18(14-25(35)36)26-21(30)6-5-20(29)27(26)31/h5-8,10-11,13-16,24H,2-4,9,12H2,1H3,(H,34,37)/t16-,24+/m1/s1. The number of anilines is 1. The lowest BCUT2D eigenvalue weighted by molar-refractivity contribution is -0.129. The summed E-state index contributed by atoms with van der Waals surface area (Å²) in [5.74, 6) is -2.30. The van der Waals surface area contributed by atoms with Gasteiger partial charge in [-0.3, -0.25) is 19.6 Å². The van der Waals surface area contributed by atoms with Gasteiger partial charge >= 0.3 is 0 Å². The quantitative estimate of drug-likeness (QED) is 0.407. The molecular formula is C28H25ClF2N4O2. The highest BCUT2D eigenvalue weighted by Crippen LogP contribution is 2.37. The monoisotopic (exact) mass is 522 g/mol. The molecule has 5 rings (SSSR count). The van der Waals surface area contributed by atoms with E-state index in [-0.39, 0.29) is 52.9 Å². The second-order valence-electron chi connectivity index (χ2n) is 9.40. The average molecular weight is 523 g/mol. The lowest BCUT2D eigenvalue weighted by atomic mass is 9.93. The zero-order valence-corrected chi connectivity index (χ0v) is 20.9. The van der Waals surface area contributed by atoms with Crippen LogP contribution in [0.15, 0.2) is 55.0 Å². The highest BCUT2D eigenvalue weighted by atomic mass is 35.5. The first-order valence-corrected chi connectivity index (χ1v) is 12.6. The van der Waals surface area contributed by atoms with Crippen molar-refractivity contribution >= 4 is 34.7 Å². The molecule has 190 valence electrons. The lowest BCUT2D eigenvalue weighted by Gasteiger charge is -2.34. The van der Waals surface area contributed by atoms with Gasteiger partial charge in [-0.05, 0) is 60.7 Å². The highest BCUT2D eigenvalue weighted by molar-refractivity contribution is 6.31. The fourth-order valence-electron chi connectivity index (χ4n) is 4.99. The number of amides is 2. The molecule has 0 aliphatic carbocycles. The van der Waals surface area contributed by atoms with Crippen molar-refractivity contribution in [2.75, 3.05) is 11.9 Å². The molecule has 6 nitrogen and oxygen atoms in total. The number of halogens is 3. The largest absolute Gasteiger partial charge is 0.330 e. The number of nitrogens with zero attached hydrogens (tertiary/aromatic N) is 3. The molecule has 2 amide bonds. The van der Waals surface area contributed by atoms with Gasteiger partial charge in [0, 0.05) is 36.5 Å². The summed E-state index contributed by atoms with van der Waals surface area (Å²) >= 11 is 5.87. The summed E-state index contributed by atoms with van der Waals surface area (Å²) in [7, 11) is 0. The van der Waals surface area contributed by atoms with Crippen LogP contribution < -0.4 is 5.32 Å². The molecule has 0 unspecified atom stereocenters. The third-order valence-electron chi connectivity index (χ3n) is 7.02. The maximum atomic E-state index is 14.6. The van der Waals surface area contributed by atoms with E-state index in [1.807, 2.05) is 25.1 Å². The third kappa shape index (κ3) is 4.98. The first-order valence-electron chi connectivity index (χ1n) is 12.2. The van der Waals surface area contributed by atoms with E-state index in [9.17, 15) is 18.4 Å². The molecule has 1 N–H and O–H groups in total. The van der Waals surface area contributed by atoms with E-state index < -0.39 is 11.6 Å². The molecule has 0 saturated carbocycles. The number of carbonyl (C=O) groups excluding carboxylic acids is 2. The predicted octanol–water partition coefficient (Wildman–Crippen LogP) is 6.19. The SMILES string of the molecule is C[C@@H]1CCC[C@H](N2CCC(c3c(F)ccc(Cl)c3F)=CC2=O)c2cc(ccn2)-c2ccncc2NC1=O. The second-order valence-corrected chi connectivity index (χ2v) is 9.80. The minimum absolute atomic E-state index is 0.0900. The van der Waals surface area contributed by atoms with Gasteiger partial charge in [0.25, 0.3) is 0 Å². The predicted molar refractivity (Wildman–Crippen MR) is 138 cm³/mol. The van der Waals surface area contributed by atoms with Crippen molar-refractivity contribution < 1.29 is 18.4 Å².